The molecule has 1 aliphatic rings. The molecular formula is C19H32N2O9. The summed E-state index contributed by atoms with van der Waals surface area (Å²) in [5.41, 5.74) is 10.8. The van der Waals surface area contributed by atoms with E-state index in [1.807, 2.05) is 0 Å². The molecule has 0 aromatic heterocycles. The molecule has 11 nitrogen and oxygen atoms in total. The van der Waals surface area contributed by atoms with Crippen molar-refractivity contribution in [3.8, 4) is 0 Å². The van der Waals surface area contributed by atoms with E-state index in [4.69, 9.17) is 35.2 Å². The first-order valence-corrected chi connectivity index (χ1v) is 9.89. The molecule has 0 aliphatic carbocycles. The Morgan fingerprint density at radius 3 is 2.07 bits per heavy atom. The van der Waals surface area contributed by atoms with Gasteiger partial charge in [0.1, 0.15) is 18.8 Å². The Morgan fingerprint density at radius 1 is 0.900 bits per heavy atom. The highest BCUT2D eigenvalue weighted by Crippen LogP contribution is 2.34. The van der Waals surface area contributed by atoms with E-state index < -0.39 is 54.3 Å². The monoisotopic (exact) mass is 432 g/mol. The molecule has 0 bridgehead atoms. The van der Waals surface area contributed by atoms with E-state index in [9.17, 15) is 19.2 Å². The van der Waals surface area contributed by atoms with Gasteiger partial charge in [-0.1, -0.05) is 0 Å². The van der Waals surface area contributed by atoms with Crippen LogP contribution in [0.5, 0.6) is 0 Å². The number of primary amides is 1. The molecule has 1 rings (SSSR count). The lowest BCUT2D eigenvalue weighted by Crippen LogP contribution is -2.59. The average Bonchev–Trinajstić information content (AvgIpc) is 2.63. The lowest BCUT2D eigenvalue weighted by atomic mass is 9.87. The molecule has 1 amide bonds. The van der Waals surface area contributed by atoms with Crippen LogP contribution in [0.25, 0.3) is 0 Å². The first kappa shape index (κ1) is 25.8. The fraction of sp³-hybridized carbons (Fsp3) is 0.789. The zero-order valence-corrected chi connectivity index (χ0v) is 17.7. The van der Waals surface area contributed by atoms with Crippen molar-refractivity contribution in [2.75, 3.05) is 19.8 Å². The van der Waals surface area contributed by atoms with E-state index in [1.54, 1.807) is 0 Å². The van der Waals surface area contributed by atoms with Gasteiger partial charge in [0.15, 0.2) is 12.4 Å². The predicted molar refractivity (Wildman–Crippen MR) is 103 cm³/mol. The third kappa shape index (κ3) is 9.06. The largest absolute Gasteiger partial charge is 0.463 e. The van der Waals surface area contributed by atoms with Gasteiger partial charge in [-0.05, 0) is 25.8 Å². The third-order valence-electron chi connectivity index (χ3n) is 4.39. The van der Waals surface area contributed by atoms with E-state index in [0.717, 1.165) is 12.8 Å². The summed E-state index contributed by atoms with van der Waals surface area (Å²) >= 11 is 0. The summed E-state index contributed by atoms with van der Waals surface area (Å²) in [4.78, 5) is 46.3. The van der Waals surface area contributed by atoms with Crippen molar-refractivity contribution in [1.29, 1.82) is 0 Å². The van der Waals surface area contributed by atoms with Crippen LogP contribution in [-0.2, 0) is 42.9 Å². The fourth-order valence-electron chi connectivity index (χ4n) is 3.21. The Bertz CT molecular complexity index is 599. The molecule has 1 aliphatic heterocycles. The minimum atomic E-state index is -1.12. The van der Waals surface area contributed by atoms with E-state index in [1.165, 1.54) is 20.8 Å². The number of hydrogen-bond donors (Lipinski definition) is 2. The predicted octanol–water partition coefficient (Wildman–Crippen LogP) is -0.225. The van der Waals surface area contributed by atoms with Gasteiger partial charge in [0.05, 0.1) is 5.92 Å². The first-order chi connectivity index (χ1) is 14.1. The van der Waals surface area contributed by atoms with Crippen molar-refractivity contribution in [1.82, 2.24) is 0 Å². The molecule has 11 heteroatoms. The Kier molecular flexibility index (Phi) is 11.3. The number of amides is 1. The number of esters is 3. The van der Waals surface area contributed by atoms with Gasteiger partial charge in [-0.25, -0.2) is 0 Å². The second kappa shape index (κ2) is 13.1. The molecule has 0 aromatic rings. The summed E-state index contributed by atoms with van der Waals surface area (Å²) in [5, 5.41) is 0. The molecule has 1 saturated heterocycles. The number of ether oxygens (including phenoxy) is 5. The molecule has 0 unspecified atom stereocenters. The van der Waals surface area contributed by atoms with Crippen molar-refractivity contribution >= 4 is 23.8 Å². The normalized spacial score (nSPS) is 25.9. The smallest absolute Gasteiger partial charge is 0.303 e. The van der Waals surface area contributed by atoms with Crippen molar-refractivity contribution in [2.45, 2.75) is 71.1 Å². The molecule has 0 aromatic carbocycles. The van der Waals surface area contributed by atoms with Crippen LogP contribution in [0.15, 0.2) is 0 Å². The molecule has 0 spiro atoms. The summed E-state index contributed by atoms with van der Waals surface area (Å²) in [6.45, 7) is 4.18. The molecule has 1 fully saturated rings. The lowest BCUT2D eigenvalue weighted by molar-refractivity contribution is -0.291. The molecule has 5 atom stereocenters. The number of carbonyl (C=O) groups excluding carboxylic acids is 4. The van der Waals surface area contributed by atoms with Crippen LogP contribution in [0.2, 0.25) is 0 Å². The Labute approximate surface area is 175 Å². The van der Waals surface area contributed by atoms with Gasteiger partial charge in [-0.2, -0.15) is 0 Å². The van der Waals surface area contributed by atoms with Crippen LogP contribution in [0, 0.1) is 5.92 Å². The van der Waals surface area contributed by atoms with Crippen LogP contribution < -0.4 is 11.5 Å². The summed E-state index contributed by atoms with van der Waals surface area (Å²) in [7, 11) is 0. The number of hydrogen-bond acceptors (Lipinski definition) is 10. The van der Waals surface area contributed by atoms with Crippen LogP contribution >= 0.6 is 0 Å². The Hall–Kier alpha value is -2.24. The summed E-state index contributed by atoms with van der Waals surface area (Å²) in [5.74, 6) is -3.37. The van der Waals surface area contributed by atoms with Crippen molar-refractivity contribution in [3.05, 3.63) is 0 Å². The zero-order valence-electron chi connectivity index (χ0n) is 17.7. The molecule has 0 saturated carbocycles. The number of rotatable bonds is 12. The van der Waals surface area contributed by atoms with Gasteiger partial charge in [-0.15, -0.1) is 0 Å². The van der Waals surface area contributed by atoms with Gasteiger partial charge < -0.3 is 35.2 Å². The fourth-order valence-corrected chi connectivity index (χ4v) is 3.21. The molecule has 4 N–H and O–H groups in total. The van der Waals surface area contributed by atoms with Gasteiger partial charge in [0, 0.05) is 33.8 Å². The quantitative estimate of drug-likeness (QED) is 0.239. The molecule has 0 radical (unpaired) electrons. The second-order valence-electron chi connectivity index (χ2n) is 7.05. The highest BCUT2D eigenvalue weighted by Gasteiger charge is 2.51. The van der Waals surface area contributed by atoms with Gasteiger partial charge >= 0.3 is 17.9 Å². The molecule has 172 valence electrons. The van der Waals surface area contributed by atoms with Crippen molar-refractivity contribution < 1.29 is 42.9 Å². The molecular weight excluding hydrogens is 400 g/mol. The Balaban J connectivity index is 3.13. The first-order valence-electron chi connectivity index (χ1n) is 9.89. The van der Waals surface area contributed by atoms with Crippen LogP contribution in [-0.4, -0.2) is 68.2 Å². The SMILES string of the molecule is CC(=O)OC[C@H]1O[C@@H](OCCCCCN)[C@H](CC(N)=O)[C@@H](OC(C)=O)[C@H]1OC(C)=O. The van der Waals surface area contributed by atoms with Gasteiger partial charge in [0.2, 0.25) is 5.91 Å². The van der Waals surface area contributed by atoms with Gasteiger partial charge in [-0.3, -0.25) is 19.2 Å². The van der Waals surface area contributed by atoms with E-state index in [0.29, 0.717) is 19.6 Å². The average molecular weight is 432 g/mol. The van der Waals surface area contributed by atoms with E-state index in [-0.39, 0.29) is 13.0 Å². The molecule has 1 heterocycles. The third-order valence-corrected chi connectivity index (χ3v) is 4.39. The maximum atomic E-state index is 11.7. The highest BCUT2D eigenvalue weighted by atomic mass is 16.7. The number of carbonyl (C=O) groups is 4. The van der Waals surface area contributed by atoms with E-state index in [2.05, 4.69) is 0 Å². The summed E-state index contributed by atoms with van der Waals surface area (Å²) < 4.78 is 27.4. The minimum absolute atomic E-state index is 0.233. The van der Waals surface area contributed by atoms with Gasteiger partial charge in [0.25, 0.3) is 0 Å². The van der Waals surface area contributed by atoms with E-state index >= 15 is 0 Å². The zero-order chi connectivity index (χ0) is 22.7. The highest BCUT2D eigenvalue weighted by molar-refractivity contribution is 5.74. The van der Waals surface area contributed by atoms with Crippen LogP contribution in [0.1, 0.15) is 46.5 Å². The topological polar surface area (TPSA) is 166 Å². The summed E-state index contributed by atoms with van der Waals surface area (Å²) in [6, 6.07) is 0. The van der Waals surface area contributed by atoms with Crippen molar-refractivity contribution in [3.63, 3.8) is 0 Å². The maximum absolute atomic E-state index is 11.7. The van der Waals surface area contributed by atoms with Crippen LogP contribution in [0.3, 0.4) is 0 Å². The second-order valence-corrected chi connectivity index (χ2v) is 7.05. The minimum Gasteiger partial charge on any atom is -0.463 e. The standard InChI is InChI=1S/C19H32N2O9/c1-11(22)27-10-15-18(29-13(3)24)17(28-12(2)23)14(9-16(21)25)19(30-15)26-8-6-4-5-7-20/h14-15,17-19H,4-10,20H2,1-3H3,(H2,21,25)/t14-,15-,17-,18+,19-/m1/s1. The number of nitrogens with two attached hydrogens (primary N) is 2. The van der Waals surface area contributed by atoms with Crippen molar-refractivity contribution in [2.24, 2.45) is 17.4 Å². The maximum Gasteiger partial charge on any atom is 0.303 e. The number of unbranched alkanes of at least 4 members (excludes halogenated alkanes) is 2. The lowest BCUT2D eigenvalue weighted by Gasteiger charge is -2.44. The molecule has 30 heavy (non-hydrogen) atoms. The van der Waals surface area contributed by atoms with Crippen LogP contribution in [0.4, 0.5) is 0 Å². The summed E-state index contributed by atoms with van der Waals surface area (Å²) in [6.07, 6.45) is -2.03. The Morgan fingerprint density at radius 2 is 1.53 bits per heavy atom.